The molecule has 1 amide bonds. The Hall–Kier alpha value is -2.44. The number of rotatable bonds is 4. The van der Waals surface area contributed by atoms with Gasteiger partial charge in [-0.05, 0) is 25.2 Å². The van der Waals surface area contributed by atoms with Crippen molar-refractivity contribution in [1.82, 2.24) is 20.0 Å². The average Bonchev–Trinajstić information content (AvgIpc) is 3.09. The molecule has 1 aliphatic rings. The van der Waals surface area contributed by atoms with Gasteiger partial charge in [-0.25, -0.2) is 4.98 Å². The molecule has 0 spiro atoms. The van der Waals surface area contributed by atoms with Crippen molar-refractivity contribution in [3.8, 4) is 0 Å². The number of hydrogen-bond acceptors (Lipinski definition) is 6. The summed E-state index contributed by atoms with van der Waals surface area (Å²) in [6.07, 6.45) is 7.69. The molecule has 3 heterocycles. The van der Waals surface area contributed by atoms with E-state index in [9.17, 15) is 4.79 Å². The molecule has 1 atom stereocenters. The highest BCUT2D eigenvalue weighted by molar-refractivity contribution is 5.92. The topological polar surface area (TPSA) is 84.2 Å². The fraction of sp³-hybridized carbons (Fsp3) is 0.467. The summed E-state index contributed by atoms with van der Waals surface area (Å²) in [7, 11) is 1.84. The van der Waals surface area contributed by atoms with E-state index in [2.05, 4.69) is 20.4 Å². The van der Waals surface area contributed by atoms with Crippen LogP contribution in [0.25, 0.3) is 0 Å². The second kappa shape index (κ2) is 6.55. The van der Waals surface area contributed by atoms with Crippen molar-refractivity contribution in [1.29, 1.82) is 0 Å². The molecule has 2 aromatic rings. The fourth-order valence-corrected chi connectivity index (χ4v) is 2.90. The summed E-state index contributed by atoms with van der Waals surface area (Å²) in [5.74, 6) is 1.13. The van der Waals surface area contributed by atoms with E-state index in [4.69, 9.17) is 4.52 Å². The number of nitrogens with zero attached hydrogens (tertiary/aromatic N) is 4. The van der Waals surface area contributed by atoms with Gasteiger partial charge in [-0.2, -0.15) is 0 Å². The molecular weight excluding hydrogens is 282 g/mol. The van der Waals surface area contributed by atoms with Crippen LogP contribution in [0.2, 0.25) is 0 Å². The van der Waals surface area contributed by atoms with Crippen LogP contribution in [0, 0.1) is 5.92 Å². The van der Waals surface area contributed by atoms with Crippen molar-refractivity contribution in [3.05, 3.63) is 36.1 Å². The molecule has 0 radical (unpaired) electrons. The first-order valence-electron chi connectivity index (χ1n) is 7.45. The van der Waals surface area contributed by atoms with E-state index in [0.29, 0.717) is 18.2 Å². The lowest BCUT2D eigenvalue weighted by Gasteiger charge is -2.32. The third-order valence-corrected chi connectivity index (χ3v) is 3.96. The maximum atomic E-state index is 12.3. The lowest BCUT2D eigenvalue weighted by molar-refractivity contribution is 0.0662. The molecule has 0 saturated carbocycles. The Bertz CT molecular complexity index is 629. The van der Waals surface area contributed by atoms with Crippen molar-refractivity contribution in [2.24, 2.45) is 5.92 Å². The fourth-order valence-electron chi connectivity index (χ4n) is 2.90. The summed E-state index contributed by atoms with van der Waals surface area (Å²) in [6, 6.07) is 1.60. The molecule has 0 aliphatic carbocycles. The monoisotopic (exact) mass is 301 g/mol. The van der Waals surface area contributed by atoms with Gasteiger partial charge in [0.25, 0.3) is 5.91 Å². The highest BCUT2D eigenvalue weighted by atomic mass is 16.5. The Morgan fingerprint density at radius 1 is 1.45 bits per heavy atom. The molecule has 2 aromatic heterocycles. The zero-order valence-electron chi connectivity index (χ0n) is 12.5. The number of aromatic nitrogens is 3. The average molecular weight is 301 g/mol. The van der Waals surface area contributed by atoms with E-state index >= 15 is 0 Å². The van der Waals surface area contributed by atoms with Crippen LogP contribution in [-0.4, -0.2) is 46.1 Å². The normalized spacial score (nSPS) is 18.2. The highest BCUT2D eigenvalue weighted by Crippen LogP contribution is 2.23. The van der Waals surface area contributed by atoms with E-state index in [0.717, 1.165) is 37.3 Å². The lowest BCUT2D eigenvalue weighted by Crippen LogP contribution is -2.40. The quantitative estimate of drug-likeness (QED) is 0.923. The van der Waals surface area contributed by atoms with Crippen LogP contribution in [0.3, 0.4) is 0 Å². The zero-order chi connectivity index (χ0) is 15.4. The molecular formula is C15H19N5O2. The summed E-state index contributed by atoms with van der Waals surface area (Å²) < 4.78 is 4.76. The Morgan fingerprint density at radius 3 is 3.09 bits per heavy atom. The number of carbonyl (C=O) groups excluding carboxylic acids is 1. The Balaban J connectivity index is 1.67. The molecule has 7 nitrogen and oxygen atoms in total. The second-order valence-corrected chi connectivity index (χ2v) is 5.45. The van der Waals surface area contributed by atoms with E-state index in [1.807, 2.05) is 11.9 Å². The van der Waals surface area contributed by atoms with Crippen LogP contribution >= 0.6 is 0 Å². The van der Waals surface area contributed by atoms with Gasteiger partial charge in [-0.3, -0.25) is 9.78 Å². The highest BCUT2D eigenvalue weighted by Gasteiger charge is 2.26. The molecule has 1 aliphatic heterocycles. The summed E-state index contributed by atoms with van der Waals surface area (Å²) >= 11 is 0. The Kier molecular flexibility index (Phi) is 4.32. The minimum Gasteiger partial charge on any atom is -0.372 e. The van der Waals surface area contributed by atoms with Gasteiger partial charge in [0.15, 0.2) is 5.69 Å². The molecule has 1 N–H and O–H groups in total. The molecule has 7 heteroatoms. The predicted molar refractivity (Wildman–Crippen MR) is 80.4 cm³/mol. The molecule has 1 fully saturated rings. The van der Waals surface area contributed by atoms with E-state index in [1.54, 1.807) is 18.5 Å². The van der Waals surface area contributed by atoms with Crippen LogP contribution in [0.1, 0.15) is 29.0 Å². The standard InChI is InChI=1S/C15H19N5O2/c1-16-14-13(17-5-6-18-14)9-11-3-2-7-20(10-11)15(21)12-4-8-22-19-12/h4-6,8,11H,2-3,7,9-10H2,1H3,(H,16,18). The van der Waals surface area contributed by atoms with Crippen molar-refractivity contribution >= 4 is 11.7 Å². The number of hydrogen-bond donors (Lipinski definition) is 1. The van der Waals surface area contributed by atoms with Gasteiger partial charge in [0, 0.05) is 38.6 Å². The molecule has 1 unspecified atom stereocenters. The smallest absolute Gasteiger partial charge is 0.276 e. The van der Waals surface area contributed by atoms with Gasteiger partial charge >= 0.3 is 0 Å². The third-order valence-electron chi connectivity index (χ3n) is 3.96. The Labute approximate surface area is 128 Å². The number of piperidine rings is 1. The number of carbonyl (C=O) groups is 1. The van der Waals surface area contributed by atoms with Gasteiger partial charge < -0.3 is 14.7 Å². The maximum Gasteiger partial charge on any atom is 0.276 e. The van der Waals surface area contributed by atoms with E-state index < -0.39 is 0 Å². The van der Waals surface area contributed by atoms with E-state index in [-0.39, 0.29) is 5.91 Å². The van der Waals surface area contributed by atoms with Crippen LogP contribution in [0.15, 0.2) is 29.2 Å². The molecule has 1 saturated heterocycles. The minimum absolute atomic E-state index is 0.0635. The van der Waals surface area contributed by atoms with Crippen molar-refractivity contribution in [2.75, 3.05) is 25.5 Å². The minimum atomic E-state index is -0.0635. The summed E-state index contributed by atoms with van der Waals surface area (Å²) in [5.41, 5.74) is 1.32. The second-order valence-electron chi connectivity index (χ2n) is 5.45. The number of likely N-dealkylation sites (tertiary alicyclic amines) is 1. The van der Waals surface area contributed by atoms with Gasteiger partial charge in [0.2, 0.25) is 0 Å². The summed E-state index contributed by atoms with van der Waals surface area (Å²) in [4.78, 5) is 22.9. The number of amides is 1. The first-order chi connectivity index (χ1) is 10.8. The third kappa shape index (κ3) is 3.08. The number of anilines is 1. The van der Waals surface area contributed by atoms with Crippen LogP contribution in [-0.2, 0) is 6.42 Å². The summed E-state index contributed by atoms with van der Waals surface area (Å²) in [6.45, 7) is 1.48. The Morgan fingerprint density at radius 2 is 2.32 bits per heavy atom. The first-order valence-corrected chi connectivity index (χ1v) is 7.45. The zero-order valence-corrected chi connectivity index (χ0v) is 12.5. The van der Waals surface area contributed by atoms with Crippen LogP contribution in [0.5, 0.6) is 0 Å². The van der Waals surface area contributed by atoms with Crippen LogP contribution < -0.4 is 5.32 Å². The van der Waals surface area contributed by atoms with Gasteiger partial charge in [-0.1, -0.05) is 5.16 Å². The number of nitrogens with one attached hydrogen (secondary N) is 1. The van der Waals surface area contributed by atoms with Crippen LogP contribution in [0.4, 0.5) is 5.82 Å². The molecule has 3 rings (SSSR count). The summed E-state index contributed by atoms with van der Waals surface area (Å²) in [5, 5.41) is 6.79. The molecule has 0 aromatic carbocycles. The predicted octanol–water partition coefficient (Wildman–Crippen LogP) is 1.60. The SMILES string of the molecule is CNc1nccnc1CC1CCCN(C(=O)c2ccon2)C1. The van der Waals surface area contributed by atoms with Crippen molar-refractivity contribution in [2.45, 2.75) is 19.3 Å². The van der Waals surface area contributed by atoms with Gasteiger partial charge in [-0.15, -0.1) is 0 Å². The van der Waals surface area contributed by atoms with Gasteiger partial charge in [0.1, 0.15) is 12.1 Å². The largest absolute Gasteiger partial charge is 0.372 e. The van der Waals surface area contributed by atoms with E-state index in [1.165, 1.54) is 6.26 Å². The van der Waals surface area contributed by atoms with Crippen molar-refractivity contribution in [3.63, 3.8) is 0 Å². The van der Waals surface area contributed by atoms with Crippen molar-refractivity contribution < 1.29 is 9.32 Å². The maximum absolute atomic E-state index is 12.3. The molecule has 0 bridgehead atoms. The molecule has 116 valence electrons. The lowest BCUT2D eigenvalue weighted by atomic mass is 9.93. The molecule has 22 heavy (non-hydrogen) atoms. The first kappa shape index (κ1) is 14.5. The van der Waals surface area contributed by atoms with Gasteiger partial charge in [0.05, 0.1) is 5.69 Å².